The van der Waals surface area contributed by atoms with Gasteiger partial charge in [-0.1, -0.05) is 6.92 Å². The smallest absolute Gasteiger partial charge is 0.178 e. The highest BCUT2D eigenvalue weighted by Gasteiger charge is 2.11. The predicted molar refractivity (Wildman–Crippen MR) is 68.6 cm³/mol. The third-order valence-corrected chi connectivity index (χ3v) is 3.85. The number of hydrogen-bond acceptors (Lipinski definition) is 5. The average molecular weight is 278 g/mol. The molecule has 4 N–H and O–H groups in total. The van der Waals surface area contributed by atoms with E-state index < -0.39 is 22.4 Å². The summed E-state index contributed by atoms with van der Waals surface area (Å²) in [6, 6.07) is 0.700. The summed E-state index contributed by atoms with van der Waals surface area (Å²) >= 11 is 0. The summed E-state index contributed by atoms with van der Waals surface area (Å²) in [5.41, 5.74) is 2.04. The number of hydrazine groups is 1. The molecule has 1 rings (SSSR count). The Morgan fingerprint density at radius 2 is 2.06 bits per heavy atom. The number of nitrogens with two attached hydrogens (primary N) is 1. The zero-order valence-electron chi connectivity index (χ0n) is 10.2. The van der Waals surface area contributed by atoms with Crippen LogP contribution in [0.4, 0.5) is 20.4 Å². The Balaban J connectivity index is 2.65. The van der Waals surface area contributed by atoms with Crippen LogP contribution in [0.25, 0.3) is 0 Å². The molecule has 0 amide bonds. The number of halogens is 2. The van der Waals surface area contributed by atoms with Gasteiger partial charge >= 0.3 is 0 Å². The lowest BCUT2D eigenvalue weighted by Crippen LogP contribution is -2.17. The van der Waals surface area contributed by atoms with Gasteiger partial charge in [0.15, 0.2) is 23.3 Å². The van der Waals surface area contributed by atoms with Crippen LogP contribution >= 0.6 is 0 Å². The van der Waals surface area contributed by atoms with Crippen LogP contribution in [0.3, 0.4) is 0 Å². The molecular formula is C10H16F2N4OS. The third-order valence-electron chi connectivity index (χ3n) is 2.48. The van der Waals surface area contributed by atoms with Crippen LogP contribution in [0.15, 0.2) is 6.07 Å². The normalized spacial score (nSPS) is 14.1. The van der Waals surface area contributed by atoms with Crippen LogP contribution in [0.1, 0.15) is 13.3 Å². The molecule has 0 saturated heterocycles. The summed E-state index contributed by atoms with van der Waals surface area (Å²) in [4.78, 5) is 3.66. The van der Waals surface area contributed by atoms with E-state index in [-0.39, 0.29) is 16.9 Å². The Morgan fingerprint density at radius 3 is 2.61 bits per heavy atom. The first-order chi connectivity index (χ1) is 8.45. The molecule has 0 spiro atoms. The van der Waals surface area contributed by atoms with Crippen molar-refractivity contribution < 1.29 is 13.0 Å². The van der Waals surface area contributed by atoms with Crippen molar-refractivity contribution in [2.24, 2.45) is 5.84 Å². The molecule has 8 heteroatoms. The fourth-order valence-corrected chi connectivity index (χ4v) is 1.70. The Morgan fingerprint density at radius 1 is 1.44 bits per heavy atom. The summed E-state index contributed by atoms with van der Waals surface area (Å²) in [5.74, 6) is 3.08. The lowest BCUT2D eigenvalue weighted by atomic mass is 10.3. The Hall–Kier alpha value is -1.28. The molecule has 0 bridgehead atoms. The fourth-order valence-electron chi connectivity index (χ4n) is 1.25. The fraction of sp³-hybridized carbons (Fsp3) is 0.500. The molecule has 18 heavy (non-hydrogen) atoms. The SMILES string of the molecule is CC(CCNc1nc(NN)c(F)cc1F)S(C)=O. The quantitative estimate of drug-likeness (QED) is 0.538. The predicted octanol–water partition coefficient (Wildman–Crippen LogP) is 1.21. The number of nitrogen functional groups attached to an aromatic ring is 1. The molecule has 0 aliphatic rings. The van der Waals surface area contributed by atoms with Gasteiger partial charge in [-0.2, -0.15) is 0 Å². The zero-order valence-corrected chi connectivity index (χ0v) is 11.0. The lowest BCUT2D eigenvalue weighted by molar-refractivity contribution is 0.578. The molecule has 0 aliphatic carbocycles. The number of nitrogens with zero attached hydrogens (tertiary/aromatic N) is 1. The zero-order chi connectivity index (χ0) is 13.7. The van der Waals surface area contributed by atoms with Gasteiger partial charge in [0.2, 0.25) is 0 Å². The van der Waals surface area contributed by atoms with Gasteiger partial charge < -0.3 is 10.7 Å². The van der Waals surface area contributed by atoms with Gasteiger partial charge in [-0.3, -0.25) is 4.21 Å². The van der Waals surface area contributed by atoms with Crippen molar-refractivity contribution in [1.29, 1.82) is 0 Å². The van der Waals surface area contributed by atoms with Crippen molar-refractivity contribution in [2.45, 2.75) is 18.6 Å². The molecule has 0 fully saturated rings. The van der Waals surface area contributed by atoms with Gasteiger partial charge in [0, 0.05) is 34.9 Å². The summed E-state index contributed by atoms with van der Waals surface area (Å²) in [6.45, 7) is 2.22. The van der Waals surface area contributed by atoms with Gasteiger partial charge in [0.25, 0.3) is 0 Å². The third kappa shape index (κ3) is 3.88. The van der Waals surface area contributed by atoms with Crippen molar-refractivity contribution in [3.05, 3.63) is 17.7 Å². The van der Waals surface area contributed by atoms with Crippen molar-refractivity contribution in [1.82, 2.24) is 4.98 Å². The monoisotopic (exact) mass is 278 g/mol. The van der Waals surface area contributed by atoms with Crippen LogP contribution in [0.5, 0.6) is 0 Å². The summed E-state index contributed by atoms with van der Waals surface area (Å²) < 4.78 is 37.5. The van der Waals surface area contributed by atoms with E-state index in [0.717, 1.165) is 0 Å². The first kappa shape index (κ1) is 14.8. The highest BCUT2D eigenvalue weighted by molar-refractivity contribution is 7.84. The first-order valence-corrected chi connectivity index (χ1v) is 6.96. The number of aromatic nitrogens is 1. The highest BCUT2D eigenvalue weighted by Crippen LogP contribution is 2.18. The number of rotatable bonds is 6. The standard InChI is InChI=1S/C10H16F2N4OS/c1-6(18(2)17)3-4-14-9-7(11)5-8(12)10(15-9)16-13/h5-6H,3-4,13H2,1-2H3,(H2,14,15,16). The van der Waals surface area contributed by atoms with E-state index in [2.05, 4.69) is 10.3 Å². The Bertz CT molecular complexity index is 444. The minimum atomic E-state index is -0.930. The van der Waals surface area contributed by atoms with Gasteiger partial charge in [-0.05, 0) is 6.42 Å². The van der Waals surface area contributed by atoms with E-state index in [0.29, 0.717) is 19.0 Å². The van der Waals surface area contributed by atoms with Gasteiger partial charge in [-0.15, -0.1) is 0 Å². The number of pyridine rings is 1. The molecule has 1 aromatic rings. The van der Waals surface area contributed by atoms with Crippen molar-refractivity contribution >= 4 is 22.4 Å². The topological polar surface area (TPSA) is 80.0 Å². The van der Waals surface area contributed by atoms with Crippen LogP contribution in [0, 0.1) is 11.6 Å². The van der Waals surface area contributed by atoms with Crippen LogP contribution in [0.2, 0.25) is 0 Å². The van der Waals surface area contributed by atoms with E-state index in [1.165, 1.54) is 0 Å². The molecule has 0 saturated carbocycles. The summed E-state index contributed by atoms with van der Waals surface area (Å²) in [5, 5.41) is 2.71. The average Bonchev–Trinajstić information content (AvgIpc) is 2.31. The molecule has 0 aliphatic heterocycles. The molecular weight excluding hydrogens is 262 g/mol. The number of nitrogens with one attached hydrogen (secondary N) is 2. The van der Waals surface area contributed by atoms with E-state index in [1.807, 2.05) is 12.3 Å². The van der Waals surface area contributed by atoms with Crippen molar-refractivity contribution in [3.8, 4) is 0 Å². The molecule has 0 radical (unpaired) electrons. The Labute approximate surface area is 107 Å². The molecule has 5 nitrogen and oxygen atoms in total. The van der Waals surface area contributed by atoms with E-state index in [9.17, 15) is 13.0 Å². The first-order valence-electron chi connectivity index (χ1n) is 5.34. The lowest BCUT2D eigenvalue weighted by Gasteiger charge is -2.11. The van der Waals surface area contributed by atoms with Gasteiger partial charge in [0.05, 0.1) is 0 Å². The second-order valence-corrected chi connectivity index (χ2v) is 5.62. The van der Waals surface area contributed by atoms with Crippen LogP contribution in [-0.2, 0) is 10.8 Å². The van der Waals surface area contributed by atoms with Gasteiger partial charge in [-0.25, -0.2) is 19.6 Å². The molecule has 102 valence electrons. The van der Waals surface area contributed by atoms with E-state index >= 15 is 0 Å². The summed E-state index contributed by atoms with van der Waals surface area (Å²) in [7, 11) is -0.930. The minimum absolute atomic E-state index is 0.00638. The molecule has 2 atom stereocenters. The van der Waals surface area contributed by atoms with Crippen molar-refractivity contribution in [2.75, 3.05) is 23.5 Å². The number of anilines is 2. The second-order valence-electron chi connectivity index (χ2n) is 3.82. The second kappa shape index (κ2) is 6.60. The maximum atomic E-state index is 13.4. The van der Waals surface area contributed by atoms with E-state index in [1.54, 1.807) is 6.26 Å². The molecule has 1 heterocycles. The maximum Gasteiger partial charge on any atom is 0.178 e. The van der Waals surface area contributed by atoms with Crippen LogP contribution in [-0.4, -0.2) is 27.2 Å². The van der Waals surface area contributed by atoms with Crippen LogP contribution < -0.4 is 16.6 Å². The minimum Gasteiger partial charge on any atom is -0.368 e. The summed E-state index contributed by atoms with van der Waals surface area (Å²) in [6.07, 6.45) is 2.20. The molecule has 0 aromatic carbocycles. The maximum absolute atomic E-state index is 13.4. The number of hydrogen-bond donors (Lipinski definition) is 3. The van der Waals surface area contributed by atoms with E-state index in [4.69, 9.17) is 5.84 Å². The highest BCUT2D eigenvalue weighted by atomic mass is 32.2. The largest absolute Gasteiger partial charge is 0.368 e. The molecule has 2 unspecified atom stereocenters. The molecule has 1 aromatic heterocycles. The van der Waals surface area contributed by atoms with Gasteiger partial charge in [0.1, 0.15) is 0 Å². The Kier molecular flexibility index (Phi) is 5.42. The van der Waals surface area contributed by atoms with Crippen molar-refractivity contribution in [3.63, 3.8) is 0 Å².